The van der Waals surface area contributed by atoms with Gasteiger partial charge in [0.25, 0.3) is 5.91 Å². The Hall–Kier alpha value is -1.95. The third-order valence-electron chi connectivity index (χ3n) is 5.52. The van der Waals surface area contributed by atoms with E-state index in [2.05, 4.69) is 36.0 Å². The van der Waals surface area contributed by atoms with Crippen LogP contribution < -0.4 is 5.32 Å². The smallest absolute Gasteiger partial charge is 0.262 e. The summed E-state index contributed by atoms with van der Waals surface area (Å²) in [5.41, 5.74) is 2.66. The van der Waals surface area contributed by atoms with Crippen molar-refractivity contribution in [3.05, 3.63) is 68.9 Å². The summed E-state index contributed by atoms with van der Waals surface area (Å²) in [4.78, 5) is 28.6. The molecule has 0 bridgehead atoms. The molecule has 1 amide bonds. The Morgan fingerprint density at radius 2 is 1.97 bits per heavy atom. The lowest BCUT2D eigenvalue weighted by Crippen LogP contribution is -2.52. The number of benzene rings is 1. The van der Waals surface area contributed by atoms with Crippen LogP contribution in [0, 0.1) is 0 Å². The predicted octanol–water partition coefficient (Wildman–Crippen LogP) is 4.31. The standard InChI is InChI=1S/C23H27ClN2O2S/c1-4-11-23(2,25-22(28)19-7-8-21(24)29-19)20(27)15-16-5-6-17-9-12-26(3)13-10-18(17)14-16/h4-8,14H,1,9-13,15H2,2-3H3,(H,25,28). The second-order valence-electron chi connectivity index (χ2n) is 7.89. The van der Waals surface area contributed by atoms with Crippen LogP contribution >= 0.6 is 22.9 Å². The van der Waals surface area contributed by atoms with Crippen LogP contribution in [-0.2, 0) is 24.1 Å². The lowest BCUT2D eigenvalue weighted by molar-refractivity contribution is -0.123. The van der Waals surface area contributed by atoms with Gasteiger partial charge >= 0.3 is 0 Å². The fourth-order valence-corrected chi connectivity index (χ4v) is 4.59. The molecule has 154 valence electrons. The Kier molecular flexibility index (Phi) is 6.93. The summed E-state index contributed by atoms with van der Waals surface area (Å²) in [5.74, 6) is -0.316. The molecule has 1 N–H and O–H groups in total. The number of rotatable bonds is 7. The first-order valence-electron chi connectivity index (χ1n) is 9.82. The summed E-state index contributed by atoms with van der Waals surface area (Å²) in [5, 5.41) is 2.91. The number of thiophene rings is 1. The molecular weight excluding hydrogens is 404 g/mol. The van der Waals surface area contributed by atoms with Gasteiger partial charge < -0.3 is 10.2 Å². The van der Waals surface area contributed by atoms with Crippen molar-refractivity contribution in [2.24, 2.45) is 0 Å². The van der Waals surface area contributed by atoms with Crippen LogP contribution in [0.15, 0.2) is 43.0 Å². The number of hydrogen-bond donors (Lipinski definition) is 1. The molecule has 1 aromatic carbocycles. The van der Waals surface area contributed by atoms with Gasteiger partial charge in [-0.15, -0.1) is 17.9 Å². The molecule has 6 heteroatoms. The Balaban J connectivity index is 1.75. The maximum absolute atomic E-state index is 13.2. The highest BCUT2D eigenvalue weighted by Crippen LogP contribution is 2.24. The van der Waals surface area contributed by atoms with Crippen molar-refractivity contribution in [1.29, 1.82) is 0 Å². The molecule has 0 saturated heterocycles. The minimum atomic E-state index is -1.01. The van der Waals surface area contributed by atoms with Crippen molar-refractivity contribution in [2.45, 2.75) is 38.1 Å². The van der Waals surface area contributed by atoms with E-state index in [-0.39, 0.29) is 18.1 Å². The molecule has 29 heavy (non-hydrogen) atoms. The monoisotopic (exact) mass is 430 g/mol. The van der Waals surface area contributed by atoms with Crippen LogP contribution in [-0.4, -0.2) is 42.3 Å². The van der Waals surface area contributed by atoms with Gasteiger partial charge in [-0.05, 0) is 62.1 Å². The average Bonchev–Trinajstić information content (AvgIpc) is 3.03. The van der Waals surface area contributed by atoms with Crippen LogP contribution in [0.3, 0.4) is 0 Å². The van der Waals surface area contributed by atoms with Crippen molar-refractivity contribution >= 4 is 34.6 Å². The van der Waals surface area contributed by atoms with Gasteiger partial charge in [0, 0.05) is 19.5 Å². The molecule has 1 aliphatic rings. The van der Waals surface area contributed by atoms with E-state index in [1.807, 2.05) is 6.07 Å². The van der Waals surface area contributed by atoms with E-state index in [4.69, 9.17) is 11.6 Å². The molecule has 1 aliphatic heterocycles. The van der Waals surface area contributed by atoms with Crippen LogP contribution in [0.25, 0.3) is 0 Å². The molecule has 3 rings (SSSR count). The SMILES string of the molecule is C=CCC(C)(NC(=O)c1ccc(Cl)s1)C(=O)Cc1ccc2c(c1)CCN(C)CC2. The number of ketones is 1. The molecule has 1 atom stereocenters. The van der Waals surface area contributed by atoms with E-state index in [9.17, 15) is 9.59 Å². The second-order valence-corrected chi connectivity index (χ2v) is 9.60. The van der Waals surface area contributed by atoms with Gasteiger partial charge in [0.15, 0.2) is 5.78 Å². The summed E-state index contributed by atoms with van der Waals surface area (Å²) >= 11 is 7.14. The minimum absolute atomic E-state index is 0.0286. The number of carbonyl (C=O) groups is 2. The molecule has 0 saturated carbocycles. The first kappa shape index (κ1) is 21.8. The Morgan fingerprint density at radius 3 is 2.62 bits per heavy atom. The number of halogens is 1. The maximum atomic E-state index is 13.2. The molecule has 1 aromatic heterocycles. The molecule has 4 nitrogen and oxygen atoms in total. The first-order chi connectivity index (χ1) is 13.8. The van der Waals surface area contributed by atoms with E-state index < -0.39 is 5.54 Å². The number of likely N-dealkylation sites (N-methyl/N-ethyl adjacent to an activating group) is 1. The van der Waals surface area contributed by atoms with Crippen molar-refractivity contribution in [1.82, 2.24) is 10.2 Å². The number of nitrogens with zero attached hydrogens (tertiary/aromatic N) is 1. The fourth-order valence-electron chi connectivity index (χ4n) is 3.65. The zero-order valence-corrected chi connectivity index (χ0v) is 18.5. The number of hydrogen-bond acceptors (Lipinski definition) is 4. The second kappa shape index (κ2) is 9.24. The molecule has 1 unspecified atom stereocenters. The van der Waals surface area contributed by atoms with Gasteiger partial charge in [0.2, 0.25) is 0 Å². The lowest BCUT2D eigenvalue weighted by atomic mass is 9.87. The van der Waals surface area contributed by atoms with Gasteiger partial charge in [-0.25, -0.2) is 0 Å². The molecule has 2 aromatic rings. The predicted molar refractivity (Wildman–Crippen MR) is 120 cm³/mol. The summed E-state index contributed by atoms with van der Waals surface area (Å²) in [6.45, 7) is 7.62. The van der Waals surface area contributed by atoms with E-state index >= 15 is 0 Å². The number of fused-ring (bicyclic) bond motifs is 1. The highest BCUT2D eigenvalue weighted by atomic mass is 35.5. The number of amides is 1. The highest BCUT2D eigenvalue weighted by Gasteiger charge is 2.34. The van der Waals surface area contributed by atoms with Gasteiger partial charge in [-0.1, -0.05) is 35.9 Å². The Morgan fingerprint density at radius 1 is 1.24 bits per heavy atom. The van der Waals surface area contributed by atoms with Gasteiger partial charge in [0.05, 0.1) is 14.8 Å². The molecule has 0 fully saturated rings. The number of Topliss-reactive ketones (excluding diaryl/α,β-unsaturated/α-hetero) is 1. The normalized spacial score (nSPS) is 16.4. The zero-order valence-electron chi connectivity index (χ0n) is 17.0. The van der Waals surface area contributed by atoms with E-state index in [0.717, 1.165) is 31.5 Å². The average molecular weight is 431 g/mol. The molecule has 0 radical (unpaired) electrons. The Labute approximate surface area is 181 Å². The largest absolute Gasteiger partial charge is 0.339 e. The van der Waals surface area contributed by atoms with Crippen LogP contribution in [0.2, 0.25) is 4.34 Å². The number of carbonyl (C=O) groups excluding carboxylic acids is 2. The third-order valence-corrected chi connectivity index (χ3v) is 6.75. The lowest BCUT2D eigenvalue weighted by Gasteiger charge is -2.28. The van der Waals surface area contributed by atoms with Crippen LogP contribution in [0.1, 0.15) is 39.7 Å². The van der Waals surface area contributed by atoms with Crippen LogP contribution in [0.4, 0.5) is 0 Å². The summed E-state index contributed by atoms with van der Waals surface area (Å²) in [6, 6.07) is 9.69. The Bertz CT molecular complexity index is 923. The maximum Gasteiger partial charge on any atom is 0.262 e. The number of nitrogens with one attached hydrogen (secondary N) is 1. The van der Waals surface area contributed by atoms with E-state index in [1.165, 1.54) is 22.5 Å². The molecule has 0 spiro atoms. The van der Waals surface area contributed by atoms with Gasteiger partial charge in [-0.3, -0.25) is 9.59 Å². The van der Waals surface area contributed by atoms with Crippen LogP contribution in [0.5, 0.6) is 0 Å². The summed E-state index contributed by atoms with van der Waals surface area (Å²) in [6.07, 6.45) is 4.35. The highest BCUT2D eigenvalue weighted by molar-refractivity contribution is 7.18. The first-order valence-corrected chi connectivity index (χ1v) is 11.0. The van der Waals surface area contributed by atoms with E-state index in [1.54, 1.807) is 25.1 Å². The van der Waals surface area contributed by atoms with E-state index in [0.29, 0.717) is 15.6 Å². The third kappa shape index (κ3) is 5.35. The summed E-state index contributed by atoms with van der Waals surface area (Å²) in [7, 11) is 2.14. The molecule has 2 heterocycles. The zero-order chi connectivity index (χ0) is 21.0. The quantitative estimate of drug-likeness (QED) is 0.666. The summed E-state index contributed by atoms with van der Waals surface area (Å²) < 4.78 is 0.544. The van der Waals surface area contributed by atoms with Crippen molar-refractivity contribution in [2.75, 3.05) is 20.1 Å². The molecule has 0 aliphatic carbocycles. The molecular formula is C23H27ClN2O2S. The van der Waals surface area contributed by atoms with Crippen molar-refractivity contribution < 1.29 is 9.59 Å². The fraction of sp³-hybridized carbons (Fsp3) is 0.391. The van der Waals surface area contributed by atoms with Crippen molar-refractivity contribution in [3.63, 3.8) is 0 Å². The van der Waals surface area contributed by atoms with Gasteiger partial charge in [-0.2, -0.15) is 0 Å². The minimum Gasteiger partial charge on any atom is -0.339 e. The van der Waals surface area contributed by atoms with Crippen molar-refractivity contribution in [3.8, 4) is 0 Å². The topological polar surface area (TPSA) is 49.4 Å². The van der Waals surface area contributed by atoms with Gasteiger partial charge in [0.1, 0.15) is 0 Å².